The fourth-order valence-corrected chi connectivity index (χ4v) is 4.37. The van der Waals surface area contributed by atoms with Gasteiger partial charge in [0.2, 0.25) is 5.88 Å². The minimum Gasteiger partial charge on any atom is -0.493 e. The number of hydrogen-bond acceptors (Lipinski definition) is 10. The summed E-state index contributed by atoms with van der Waals surface area (Å²) in [5.41, 5.74) is 4.37. The maximum atomic E-state index is 11.2. The summed E-state index contributed by atoms with van der Waals surface area (Å²) in [5.74, 6) is 2.48. The van der Waals surface area contributed by atoms with Crippen LogP contribution in [0.4, 0.5) is 11.5 Å². The number of benzene rings is 1. The molecular weight excluding hydrogens is 488 g/mol. The number of rotatable bonds is 10. The highest BCUT2D eigenvalue weighted by Gasteiger charge is 2.30. The molecule has 5 rings (SSSR count). The normalized spacial score (nSPS) is 13.2. The van der Waals surface area contributed by atoms with E-state index in [0.717, 1.165) is 22.4 Å². The van der Waals surface area contributed by atoms with Gasteiger partial charge in [-0.2, -0.15) is 10.2 Å². The second kappa shape index (κ2) is 10.7. The Morgan fingerprint density at radius 2 is 1.89 bits per heavy atom. The van der Waals surface area contributed by atoms with E-state index in [4.69, 9.17) is 19.0 Å². The molecule has 3 aromatic heterocycles. The number of hydrogen-bond donors (Lipinski definition) is 0. The molecule has 1 unspecified atom stereocenters. The van der Waals surface area contributed by atoms with Crippen LogP contribution >= 0.6 is 0 Å². The van der Waals surface area contributed by atoms with E-state index in [2.05, 4.69) is 15.1 Å². The van der Waals surface area contributed by atoms with Gasteiger partial charge < -0.3 is 23.9 Å². The lowest BCUT2D eigenvalue weighted by atomic mass is 10.1. The molecule has 0 saturated heterocycles. The van der Waals surface area contributed by atoms with Crippen LogP contribution in [0.5, 0.6) is 17.4 Å². The molecule has 38 heavy (non-hydrogen) atoms. The van der Waals surface area contributed by atoms with Crippen LogP contribution in [0.3, 0.4) is 0 Å². The van der Waals surface area contributed by atoms with Crippen molar-refractivity contribution < 1.29 is 23.8 Å². The smallest absolute Gasteiger partial charge is 0.320 e. The van der Waals surface area contributed by atoms with Crippen molar-refractivity contribution in [1.82, 2.24) is 19.7 Å². The molecule has 0 bridgehead atoms. The fraction of sp³-hybridized carbons (Fsp3) is 0.259. The summed E-state index contributed by atoms with van der Waals surface area (Å²) < 4.78 is 18.7. The van der Waals surface area contributed by atoms with E-state index in [1.54, 1.807) is 43.6 Å². The molecule has 1 aromatic carbocycles. The van der Waals surface area contributed by atoms with Crippen LogP contribution in [0.25, 0.3) is 11.3 Å². The fourth-order valence-electron chi connectivity index (χ4n) is 4.37. The van der Waals surface area contributed by atoms with Crippen molar-refractivity contribution in [2.45, 2.75) is 19.6 Å². The lowest BCUT2D eigenvalue weighted by Crippen LogP contribution is -2.30. The summed E-state index contributed by atoms with van der Waals surface area (Å²) in [6.07, 6.45) is 5.00. The first-order chi connectivity index (χ1) is 18.5. The highest BCUT2D eigenvalue weighted by Crippen LogP contribution is 2.39. The molecule has 0 N–H and O–H groups in total. The standard InChI is InChI=1S/C27H28N6O5/c1-18(20-6-8-26(36-4)28-13-20)38-24-7-5-19(11-25(24)35-3)15-32-16-33(37-17-34)23-12-21(14-29-27(23)32)22-9-10-30-31(22)2/h5-14,17-18H,15-16H2,1-4H3. The number of methoxy groups -OCH3 is 2. The Hall–Kier alpha value is -4.80. The van der Waals surface area contributed by atoms with E-state index < -0.39 is 0 Å². The molecule has 4 heterocycles. The number of aryl methyl sites for hydroxylation is 1. The Balaban J connectivity index is 1.35. The van der Waals surface area contributed by atoms with Gasteiger partial charge in [0.15, 0.2) is 17.3 Å². The van der Waals surface area contributed by atoms with Gasteiger partial charge in [0.1, 0.15) is 18.5 Å². The summed E-state index contributed by atoms with van der Waals surface area (Å²) in [5, 5.41) is 5.75. The maximum Gasteiger partial charge on any atom is 0.320 e. The van der Waals surface area contributed by atoms with Crippen molar-refractivity contribution in [3.05, 3.63) is 72.2 Å². The first kappa shape index (κ1) is 24.9. The maximum absolute atomic E-state index is 11.2. The van der Waals surface area contributed by atoms with Crippen LogP contribution in [-0.4, -0.2) is 47.1 Å². The van der Waals surface area contributed by atoms with Gasteiger partial charge in [-0.1, -0.05) is 6.07 Å². The quantitative estimate of drug-likeness (QED) is 0.288. The topological polar surface area (TPSA) is 104 Å². The SMILES string of the molecule is COc1ccc(C(C)Oc2ccc(CN3CN(OC=O)c4cc(-c5ccnn5C)cnc43)cc2OC)cn1. The third-order valence-corrected chi connectivity index (χ3v) is 6.34. The van der Waals surface area contributed by atoms with Gasteiger partial charge in [0.25, 0.3) is 0 Å². The van der Waals surface area contributed by atoms with Gasteiger partial charge in [-0.15, -0.1) is 0 Å². The predicted octanol–water partition coefficient (Wildman–Crippen LogP) is 3.91. The van der Waals surface area contributed by atoms with E-state index in [1.165, 1.54) is 5.06 Å². The number of carbonyl (C=O) groups excluding carboxylic acids is 1. The van der Waals surface area contributed by atoms with Crippen LogP contribution in [0, 0.1) is 0 Å². The summed E-state index contributed by atoms with van der Waals surface area (Å²) in [7, 11) is 5.06. The van der Waals surface area contributed by atoms with Crippen molar-refractivity contribution >= 4 is 18.0 Å². The van der Waals surface area contributed by atoms with Crippen molar-refractivity contribution in [2.24, 2.45) is 7.05 Å². The molecule has 4 aromatic rings. The van der Waals surface area contributed by atoms with Gasteiger partial charge >= 0.3 is 6.47 Å². The number of aromatic nitrogens is 4. The summed E-state index contributed by atoms with van der Waals surface area (Å²) >= 11 is 0. The Labute approximate surface area is 220 Å². The summed E-state index contributed by atoms with van der Waals surface area (Å²) in [6, 6.07) is 13.4. The first-order valence-corrected chi connectivity index (χ1v) is 12.0. The van der Waals surface area contributed by atoms with Crippen LogP contribution < -0.4 is 24.2 Å². The van der Waals surface area contributed by atoms with Gasteiger partial charge in [-0.05, 0) is 42.8 Å². The monoisotopic (exact) mass is 516 g/mol. The molecule has 0 aliphatic carbocycles. The second-order valence-electron chi connectivity index (χ2n) is 8.71. The van der Waals surface area contributed by atoms with E-state index in [9.17, 15) is 4.79 Å². The van der Waals surface area contributed by atoms with Crippen LogP contribution in [0.2, 0.25) is 0 Å². The zero-order valence-electron chi connectivity index (χ0n) is 21.6. The molecule has 1 aliphatic rings. The van der Waals surface area contributed by atoms with Crippen LogP contribution in [-0.2, 0) is 23.2 Å². The molecule has 11 heteroatoms. The third kappa shape index (κ3) is 4.90. The van der Waals surface area contributed by atoms with Gasteiger partial charge in [-0.25, -0.2) is 9.97 Å². The van der Waals surface area contributed by atoms with E-state index >= 15 is 0 Å². The third-order valence-electron chi connectivity index (χ3n) is 6.34. The molecule has 0 saturated carbocycles. The number of nitrogens with zero attached hydrogens (tertiary/aromatic N) is 6. The average molecular weight is 517 g/mol. The number of ether oxygens (including phenoxy) is 3. The number of hydroxylamine groups is 1. The predicted molar refractivity (Wildman–Crippen MR) is 140 cm³/mol. The molecule has 0 amide bonds. The lowest BCUT2D eigenvalue weighted by molar-refractivity contribution is -0.129. The Bertz CT molecular complexity index is 1420. The molecule has 196 valence electrons. The van der Waals surface area contributed by atoms with Crippen LogP contribution in [0.15, 0.2) is 61.1 Å². The largest absolute Gasteiger partial charge is 0.493 e. The lowest BCUT2D eigenvalue weighted by Gasteiger charge is -2.21. The molecule has 1 atom stereocenters. The highest BCUT2D eigenvalue weighted by molar-refractivity contribution is 5.77. The zero-order chi connectivity index (χ0) is 26.6. The molecule has 1 aliphatic heterocycles. The van der Waals surface area contributed by atoms with Gasteiger partial charge in [0.05, 0.1) is 19.9 Å². The minimum atomic E-state index is -0.245. The Morgan fingerprint density at radius 1 is 1.03 bits per heavy atom. The van der Waals surface area contributed by atoms with E-state index in [0.29, 0.717) is 48.6 Å². The molecule has 0 fully saturated rings. The highest BCUT2D eigenvalue weighted by atomic mass is 16.7. The summed E-state index contributed by atoms with van der Waals surface area (Å²) in [4.78, 5) is 27.4. The minimum absolute atomic E-state index is 0.245. The van der Waals surface area contributed by atoms with Crippen molar-refractivity contribution in [3.63, 3.8) is 0 Å². The summed E-state index contributed by atoms with van der Waals surface area (Å²) in [6.45, 7) is 3.21. The van der Waals surface area contributed by atoms with Crippen molar-refractivity contribution in [1.29, 1.82) is 0 Å². The molecule has 0 radical (unpaired) electrons. The second-order valence-corrected chi connectivity index (χ2v) is 8.71. The zero-order valence-corrected chi connectivity index (χ0v) is 21.6. The number of fused-ring (bicyclic) bond motifs is 1. The Morgan fingerprint density at radius 3 is 2.58 bits per heavy atom. The Kier molecular flexibility index (Phi) is 6.98. The van der Waals surface area contributed by atoms with Crippen molar-refractivity contribution in [2.75, 3.05) is 30.9 Å². The molecule has 11 nitrogen and oxygen atoms in total. The van der Waals surface area contributed by atoms with E-state index in [1.807, 2.05) is 55.3 Å². The van der Waals surface area contributed by atoms with Gasteiger partial charge in [0, 0.05) is 49.4 Å². The number of anilines is 2. The van der Waals surface area contributed by atoms with E-state index in [-0.39, 0.29) is 6.10 Å². The molecular formula is C27H28N6O5. The van der Waals surface area contributed by atoms with Crippen molar-refractivity contribution in [3.8, 4) is 28.6 Å². The number of pyridine rings is 2. The van der Waals surface area contributed by atoms with Crippen LogP contribution in [0.1, 0.15) is 24.2 Å². The molecule has 0 spiro atoms. The number of carbonyl (C=O) groups is 1. The average Bonchev–Trinajstić information content (AvgIpc) is 3.52. The van der Waals surface area contributed by atoms with Gasteiger partial charge in [-0.3, -0.25) is 9.48 Å². The first-order valence-electron chi connectivity index (χ1n) is 12.0.